The number of benzene rings is 1. The minimum absolute atomic E-state index is 0.0643. The predicted octanol–water partition coefficient (Wildman–Crippen LogP) is 3.67. The van der Waals surface area contributed by atoms with Crippen LogP contribution in [0.5, 0.6) is 0 Å². The SMILES string of the molecule is N=C1/C(=C2\NC(c3ccc(Br)cc3)=CS2)CC(=O)N1C1CC1. The summed E-state index contributed by atoms with van der Waals surface area (Å²) in [5.74, 6) is 0.447. The highest BCUT2D eigenvalue weighted by atomic mass is 79.9. The molecular formula is C16H14BrN3OS. The first-order chi connectivity index (χ1) is 10.6. The maximum absolute atomic E-state index is 12.1. The van der Waals surface area contributed by atoms with Gasteiger partial charge in [0.1, 0.15) is 5.84 Å². The van der Waals surface area contributed by atoms with E-state index in [-0.39, 0.29) is 11.9 Å². The van der Waals surface area contributed by atoms with E-state index < -0.39 is 0 Å². The second-order valence-electron chi connectivity index (χ2n) is 5.61. The van der Waals surface area contributed by atoms with Crippen molar-refractivity contribution >= 4 is 45.1 Å². The van der Waals surface area contributed by atoms with Crippen LogP contribution >= 0.6 is 27.7 Å². The average Bonchev–Trinajstić information content (AvgIpc) is 3.13. The summed E-state index contributed by atoms with van der Waals surface area (Å²) in [6, 6.07) is 8.35. The number of nitrogens with zero attached hydrogens (tertiary/aromatic N) is 1. The fourth-order valence-electron chi connectivity index (χ4n) is 2.71. The van der Waals surface area contributed by atoms with Gasteiger partial charge in [-0.15, -0.1) is 0 Å². The van der Waals surface area contributed by atoms with Gasteiger partial charge in [-0.05, 0) is 30.5 Å². The molecule has 2 aliphatic heterocycles. The van der Waals surface area contributed by atoms with Crippen molar-refractivity contribution in [2.24, 2.45) is 0 Å². The highest BCUT2D eigenvalue weighted by Gasteiger charge is 2.42. The van der Waals surface area contributed by atoms with Crippen molar-refractivity contribution in [1.82, 2.24) is 10.2 Å². The number of thioether (sulfide) groups is 1. The molecule has 3 aliphatic rings. The number of likely N-dealkylation sites (tertiary alicyclic amines) is 1. The fourth-order valence-corrected chi connectivity index (χ4v) is 3.89. The van der Waals surface area contributed by atoms with Crippen molar-refractivity contribution in [2.75, 3.05) is 0 Å². The first-order valence-electron chi connectivity index (χ1n) is 7.17. The van der Waals surface area contributed by atoms with Crippen LogP contribution in [0.4, 0.5) is 0 Å². The van der Waals surface area contributed by atoms with Crippen LogP contribution in [0, 0.1) is 5.41 Å². The number of nitrogens with one attached hydrogen (secondary N) is 2. The Balaban J connectivity index is 1.57. The van der Waals surface area contributed by atoms with Gasteiger partial charge in [-0.25, -0.2) is 0 Å². The van der Waals surface area contributed by atoms with Crippen LogP contribution < -0.4 is 5.32 Å². The first-order valence-corrected chi connectivity index (χ1v) is 8.84. The van der Waals surface area contributed by atoms with Gasteiger partial charge in [-0.2, -0.15) is 0 Å². The van der Waals surface area contributed by atoms with E-state index in [0.717, 1.165) is 39.2 Å². The Bertz CT molecular complexity index is 734. The van der Waals surface area contributed by atoms with Crippen molar-refractivity contribution < 1.29 is 4.79 Å². The summed E-state index contributed by atoms with van der Waals surface area (Å²) in [6.07, 6.45) is 2.39. The Labute approximate surface area is 141 Å². The molecule has 0 atom stereocenters. The van der Waals surface area contributed by atoms with Crippen LogP contribution in [-0.2, 0) is 4.79 Å². The molecule has 0 radical (unpaired) electrons. The third kappa shape index (κ3) is 2.40. The fraction of sp³-hybridized carbons (Fsp3) is 0.250. The van der Waals surface area contributed by atoms with Crippen LogP contribution in [0.1, 0.15) is 24.8 Å². The van der Waals surface area contributed by atoms with E-state index in [4.69, 9.17) is 5.41 Å². The predicted molar refractivity (Wildman–Crippen MR) is 92.1 cm³/mol. The lowest BCUT2D eigenvalue weighted by Gasteiger charge is -2.14. The zero-order chi connectivity index (χ0) is 15.3. The molecule has 4 rings (SSSR count). The minimum atomic E-state index is 0.0643. The highest BCUT2D eigenvalue weighted by molar-refractivity contribution is 9.10. The molecule has 2 N–H and O–H groups in total. The zero-order valence-electron chi connectivity index (χ0n) is 11.7. The van der Waals surface area contributed by atoms with Crippen molar-refractivity contribution in [1.29, 1.82) is 5.41 Å². The normalized spacial score (nSPS) is 24.8. The number of hydrogen-bond acceptors (Lipinski definition) is 4. The molecule has 1 aromatic rings. The third-order valence-electron chi connectivity index (χ3n) is 4.01. The van der Waals surface area contributed by atoms with Crippen molar-refractivity contribution in [3.63, 3.8) is 0 Å². The Morgan fingerprint density at radius 2 is 2.00 bits per heavy atom. The van der Waals surface area contributed by atoms with Crippen LogP contribution in [0.25, 0.3) is 5.70 Å². The van der Waals surface area contributed by atoms with E-state index >= 15 is 0 Å². The molecule has 4 nitrogen and oxygen atoms in total. The number of amides is 1. The standard InChI is InChI=1S/C16H14BrN3OS/c17-10-3-1-9(2-4-10)13-8-22-16(19-13)12-7-14(21)20(15(12)18)11-5-6-11/h1-4,8,11,18-19H,5-7H2/b16-12+,18-15?. The second kappa shape index (κ2) is 5.28. The monoisotopic (exact) mass is 375 g/mol. The number of carbonyl (C=O) groups excluding carboxylic acids is 1. The first kappa shape index (κ1) is 14.1. The van der Waals surface area contributed by atoms with Gasteiger partial charge in [0.25, 0.3) is 0 Å². The average molecular weight is 376 g/mol. The van der Waals surface area contributed by atoms with Gasteiger partial charge in [-0.1, -0.05) is 39.8 Å². The lowest BCUT2D eigenvalue weighted by molar-refractivity contribution is -0.125. The van der Waals surface area contributed by atoms with E-state index in [1.807, 2.05) is 29.7 Å². The Kier molecular flexibility index (Phi) is 3.38. The molecule has 1 saturated heterocycles. The second-order valence-corrected chi connectivity index (χ2v) is 7.40. The summed E-state index contributed by atoms with van der Waals surface area (Å²) in [6.45, 7) is 0. The van der Waals surface area contributed by atoms with Gasteiger partial charge in [0.05, 0.1) is 17.1 Å². The topological polar surface area (TPSA) is 56.2 Å². The van der Waals surface area contributed by atoms with Crippen LogP contribution in [0.15, 0.2) is 44.7 Å². The number of amidine groups is 1. The summed E-state index contributed by atoms with van der Waals surface area (Å²) in [4.78, 5) is 13.8. The third-order valence-corrected chi connectivity index (χ3v) is 5.47. The molecule has 0 spiro atoms. The lowest BCUT2D eigenvalue weighted by Crippen LogP contribution is -2.31. The maximum Gasteiger partial charge on any atom is 0.233 e. The van der Waals surface area contributed by atoms with Crippen molar-refractivity contribution in [3.05, 3.63) is 50.3 Å². The maximum atomic E-state index is 12.1. The summed E-state index contributed by atoms with van der Waals surface area (Å²) in [7, 11) is 0. The zero-order valence-corrected chi connectivity index (χ0v) is 14.1. The molecule has 2 heterocycles. The van der Waals surface area contributed by atoms with E-state index in [0.29, 0.717) is 12.3 Å². The number of carbonyl (C=O) groups is 1. The molecule has 0 unspecified atom stereocenters. The minimum Gasteiger partial charge on any atom is -0.349 e. The number of halogens is 1. The Morgan fingerprint density at radius 1 is 1.27 bits per heavy atom. The van der Waals surface area contributed by atoms with E-state index in [1.54, 1.807) is 16.7 Å². The van der Waals surface area contributed by atoms with Crippen LogP contribution in [0.2, 0.25) is 0 Å². The van der Waals surface area contributed by atoms with Gasteiger partial charge in [0, 0.05) is 21.5 Å². The molecule has 112 valence electrons. The lowest BCUT2D eigenvalue weighted by atomic mass is 10.2. The molecule has 22 heavy (non-hydrogen) atoms. The van der Waals surface area contributed by atoms with Crippen LogP contribution in [0.3, 0.4) is 0 Å². The van der Waals surface area contributed by atoms with E-state index in [9.17, 15) is 4.79 Å². The molecule has 6 heteroatoms. The van der Waals surface area contributed by atoms with Crippen molar-refractivity contribution in [2.45, 2.75) is 25.3 Å². The molecule has 1 aromatic carbocycles. The molecule has 1 amide bonds. The van der Waals surface area contributed by atoms with Gasteiger partial charge in [0.2, 0.25) is 5.91 Å². The summed E-state index contributed by atoms with van der Waals surface area (Å²) in [5.41, 5.74) is 2.94. The Morgan fingerprint density at radius 3 is 2.68 bits per heavy atom. The summed E-state index contributed by atoms with van der Waals surface area (Å²) >= 11 is 5.00. The molecule has 0 bridgehead atoms. The smallest absolute Gasteiger partial charge is 0.233 e. The molecule has 0 aromatic heterocycles. The number of hydrogen-bond donors (Lipinski definition) is 2. The largest absolute Gasteiger partial charge is 0.349 e. The van der Waals surface area contributed by atoms with Gasteiger partial charge >= 0.3 is 0 Å². The molecular weight excluding hydrogens is 362 g/mol. The van der Waals surface area contributed by atoms with E-state index in [1.165, 1.54) is 0 Å². The van der Waals surface area contributed by atoms with Crippen LogP contribution in [-0.4, -0.2) is 22.7 Å². The Hall–Kier alpha value is -1.53. The molecule has 1 aliphatic carbocycles. The quantitative estimate of drug-likeness (QED) is 0.828. The summed E-state index contributed by atoms with van der Waals surface area (Å²) < 4.78 is 1.05. The van der Waals surface area contributed by atoms with Crippen molar-refractivity contribution in [3.8, 4) is 0 Å². The van der Waals surface area contributed by atoms with Gasteiger partial charge < -0.3 is 5.32 Å². The molecule has 1 saturated carbocycles. The van der Waals surface area contributed by atoms with Gasteiger partial charge in [-0.3, -0.25) is 15.1 Å². The molecule has 2 fully saturated rings. The summed E-state index contributed by atoms with van der Waals surface area (Å²) in [5, 5.41) is 14.6. The van der Waals surface area contributed by atoms with E-state index in [2.05, 4.69) is 21.2 Å². The number of rotatable bonds is 2. The highest BCUT2D eigenvalue weighted by Crippen LogP contribution is 2.39. The van der Waals surface area contributed by atoms with Gasteiger partial charge in [0.15, 0.2) is 0 Å².